The molecule has 2 rings (SSSR count). The number of aromatic nitrogens is 3. The molecule has 0 aromatic carbocycles. The first kappa shape index (κ1) is 13.8. The first-order valence-electron chi connectivity index (χ1n) is 5.62. The van der Waals surface area contributed by atoms with Crippen molar-refractivity contribution in [3.05, 3.63) is 23.9 Å². The van der Waals surface area contributed by atoms with Crippen LogP contribution in [0.2, 0.25) is 0 Å². The van der Waals surface area contributed by atoms with Crippen LogP contribution in [0.25, 0.3) is 0 Å². The average molecular weight is 291 g/mol. The fourth-order valence-corrected chi connectivity index (χ4v) is 3.07. The predicted octanol–water partition coefficient (Wildman–Crippen LogP) is 3.17. The Labute approximate surface area is 120 Å². The summed E-state index contributed by atoms with van der Waals surface area (Å²) in [7, 11) is 0. The predicted molar refractivity (Wildman–Crippen MR) is 76.4 cm³/mol. The van der Waals surface area contributed by atoms with E-state index in [9.17, 15) is 0 Å². The molecule has 0 radical (unpaired) electrons. The molecular weight excluding hydrogens is 278 g/mol. The van der Waals surface area contributed by atoms with Gasteiger partial charge in [-0.25, -0.2) is 4.98 Å². The Morgan fingerprint density at radius 2 is 2.11 bits per heavy atom. The van der Waals surface area contributed by atoms with E-state index in [4.69, 9.17) is 5.26 Å². The van der Waals surface area contributed by atoms with Gasteiger partial charge in [0.15, 0.2) is 4.34 Å². The smallest absolute Gasteiger partial charge is 0.206 e. The van der Waals surface area contributed by atoms with Crippen LogP contribution in [0.4, 0.5) is 5.13 Å². The molecule has 0 aliphatic heterocycles. The Hall–Kier alpha value is -1.65. The molecule has 0 spiro atoms. The van der Waals surface area contributed by atoms with Gasteiger partial charge in [-0.2, -0.15) is 5.26 Å². The standard InChI is InChI=1S/C12H13N5S2/c1-12(2,3)15-10-16-17-11(19-10)18-9-5-4-8(6-13)7-14-9/h4-5,7H,1-3H3,(H,15,16). The highest BCUT2D eigenvalue weighted by molar-refractivity contribution is 8.01. The number of nitriles is 1. The lowest BCUT2D eigenvalue weighted by Crippen LogP contribution is -2.25. The lowest BCUT2D eigenvalue weighted by Gasteiger charge is -2.18. The molecule has 0 unspecified atom stereocenters. The fraction of sp³-hybridized carbons (Fsp3) is 0.333. The summed E-state index contributed by atoms with van der Waals surface area (Å²) in [6.45, 7) is 6.22. The van der Waals surface area contributed by atoms with Crippen molar-refractivity contribution >= 4 is 28.2 Å². The van der Waals surface area contributed by atoms with Gasteiger partial charge in [-0.1, -0.05) is 11.3 Å². The summed E-state index contributed by atoms with van der Waals surface area (Å²) in [6, 6.07) is 5.59. The molecule has 98 valence electrons. The number of hydrogen-bond acceptors (Lipinski definition) is 7. The van der Waals surface area contributed by atoms with E-state index in [1.165, 1.54) is 23.1 Å². The molecule has 0 aliphatic carbocycles. The summed E-state index contributed by atoms with van der Waals surface area (Å²) in [6.07, 6.45) is 1.55. The van der Waals surface area contributed by atoms with E-state index in [-0.39, 0.29) is 5.54 Å². The summed E-state index contributed by atoms with van der Waals surface area (Å²) in [5, 5.41) is 21.8. The summed E-state index contributed by atoms with van der Waals surface area (Å²) >= 11 is 2.93. The van der Waals surface area contributed by atoms with Crippen LogP contribution in [0.1, 0.15) is 26.3 Å². The Bertz CT molecular complexity index is 592. The Balaban J connectivity index is 2.05. The molecule has 0 bridgehead atoms. The largest absolute Gasteiger partial charge is 0.355 e. The van der Waals surface area contributed by atoms with E-state index in [0.717, 1.165) is 14.5 Å². The minimum absolute atomic E-state index is 0.0336. The zero-order chi connectivity index (χ0) is 13.9. The third kappa shape index (κ3) is 4.19. The van der Waals surface area contributed by atoms with Crippen LogP contribution < -0.4 is 5.32 Å². The number of nitrogens with zero attached hydrogens (tertiary/aromatic N) is 4. The summed E-state index contributed by atoms with van der Waals surface area (Å²) in [4.78, 5) is 4.19. The highest BCUT2D eigenvalue weighted by atomic mass is 32.2. The Morgan fingerprint density at radius 3 is 2.68 bits per heavy atom. The average Bonchev–Trinajstić information content (AvgIpc) is 2.75. The molecule has 0 fully saturated rings. The molecule has 2 heterocycles. The molecule has 1 N–H and O–H groups in total. The van der Waals surface area contributed by atoms with Gasteiger partial charge in [0, 0.05) is 11.7 Å². The van der Waals surface area contributed by atoms with Crippen LogP contribution >= 0.6 is 23.1 Å². The molecule has 0 atom stereocenters. The second-order valence-electron chi connectivity index (χ2n) is 4.85. The molecule has 5 nitrogen and oxygen atoms in total. The van der Waals surface area contributed by atoms with E-state index in [2.05, 4.69) is 41.3 Å². The van der Waals surface area contributed by atoms with Gasteiger partial charge in [-0.15, -0.1) is 10.2 Å². The lowest BCUT2D eigenvalue weighted by molar-refractivity contribution is 0.631. The summed E-state index contributed by atoms with van der Waals surface area (Å²) < 4.78 is 0.823. The molecule has 0 saturated carbocycles. The van der Waals surface area contributed by atoms with Gasteiger partial charge in [0.25, 0.3) is 0 Å². The van der Waals surface area contributed by atoms with E-state index in [1.54, 1.807) is 12.3 Å². The van der Waals surface area contributed by atoms with E-state index < -0.39 is 0 Å². The first-order valence-corrected chi connectivity index (χ1v) is 7.25. The van der Waals surface area contributed by atoms with Crippen molar-refractivity contribution in [3.8, 4) is 6.07 Å². The third-order valence-corrected chi connectivity index (χ3v) is 3.79. The number of rotatable bonds is 3. The maximum absolute atomic E-state index is 8.70. The quantitative estimate of drug-likeness (QED) is 0.936. The highest BCUT2D eigenvalue weighted by Crippen LogP contribution is 2.31. The van der Waals surface area contributed by atoms with Gasteiger partial charge < -0.3 is 5.32 Å². The van der Waals surface area contributed by atoms with Crippen molar-refractivity contribution in [2.24, 2.45) is 0 Å². The Morgan fingerprint density at radius 1 is 1.32 bits per heavy atom. The van der Waals surface area contributed by atoms with Crippen molar-refractivity contribution < 1.29 is 0 Å². The van der Waals surface area contributed by atoms with Crippen molar-refractivity contribution in [2.75, 3.05) is 5.32 Å². The van der Waals surface area contributed by atoms with Gasteiger partial charge in [-0.05, 0) is 44.7 Å². The SMILES string of the molecule is CC(C)(C)Nc1nnc(Sc2ccc(C#N)cn2)s1. The summed E-state index contributed by atoms with van der Waals surface area (Å²) in [5.41, 5.74) is 0.519. The number of pyridine rings is 1. The molecule has 0 saturated heterocycles. The van der Waals surface area contributed by atoms with Crippen LogP contribution in [0.5, 0.6) is 0 Å². The van der Waals surface area contributed by atoms with Crippen molar-refractivity contribution in [2.45, 2.75) is 35.7 Å². The monoisotopic (exact) mass is 291 g/mol. The van der Waals surface area contributed by atoms with Crippen molar-refractivity contribution in [3.63, 3.8) is 0 Å². The minimum Gasteiger partial charge on any atom is -0.355 e. The van der Waals surface area contributed by atoms with Crippen LogP contribution in [-0.2, 0) is 0 Å². The van der Waals surface area contributed by atoms with Gasteiger partial charge in [0.2, 0.25) is 5.13 Å². The molecular formula is C12H13N5S2. The maximum atomic E-state index is 8.70. The molecule has 19 heavy (non-hydrogen) atoms. The third-order valence-electron chi connectivity index (χ3n) is 1.95. The van der Waals surface area contributed by atoms with Crippen molar-refractivity contribution in [1.82, 2.24) is 15.2 Å². The number of nitrogens with one attached hydrogen (secondary N) is 1. The van der Waals surface area contributed by atoms with Crippen LogP contribution in [0.15, 0.2) is 27.7 Å². The molecule has 0 aliphatic rings. The van der Waals surface area contributed by atoms with Crippen molar-refractivity contribution in [1.29, 1.82) is 5.26 Å². The second kappa shape index (κ2) is 5.55. The molecule has 7 heteroatoms. The van der Waals surface area contributed by atoms with E-state index >= 15 is 0 Å². The summed E-state index contributed by atoms with van der Waals surface area (Å²) in [5.74, 6) is 0. The van der Waals surface area contributed by atoms with Gasteiger partial charge in [0.1, 0.15) is 11.1 Å². The maximum Gasteiger partial charge on any atom is 0.206 e. The highest BCUT2D eigenvalue weighted by Gasteiger charge is 2.13. The van der Waals surface area contributed by atoms with Crippen LogP contribution in [0, 0.1) is 11.3 Å². The Kier molecular flexibility index (Phi) is 4.02. The molecule has 2 aromatic rings. The first-order chi connectivity index (χ1) is 8.96. The minimum atomic E-state index is -0.0336. The zero-order valence-corrected chi connectivity index (χ0v) is 12.5. The lowest BCUT2D eigenvalue weighted by atomic mass is 10.1. The van der Waals surface area contributed by atoms with E-state index in [0.29, 0.717) is 5.56 Å². The van der Waals surface area contributed by atoms with Crippen LogP contribution in [-0.4, -0.2) is 20.7 Å². The molecule has 2 aromatic heterocycles. The zero-order valence-electron chi connectivity index (χ0n) is 10.8. The van der Waals surface area contributed by atoms with Gasteiger partial charge >= 0.3 is 0 Å². The topological polar surface area (TPSA) is 74.5 Å². The van der Waals surface area contributed by atoms with Gasteiger partial charge in [0.05, 0.1) is 5.56 Å². The van der Waals surface area contributed by atoms with E-state index in [1.807, 2.05) is 12.1 Å². The molecule has 0 amide bonds. The number of anilines is 1. The second-order valence-corrected chi connectivity index (χ2v) is 7.09. The normalized spacial score (nSPS) is 11.1. The fourth-order valence-electron chi connectivity index (χ4n) is 1.22. The van der Waals surface area contributed by atoms with Gasteiger partial charge in [-0.3, -0.25) is 0 Å². The van der Waals surface area contributed by atoms with Crippen LogP contribution in [0.3, 0.4) is 0 Å². The number of hydrogen-bond donors (Lipinski definition) is 1.